The van der Waals surface area contributed by atoms with Crippen molar-refractivity contribution in [3.63, 3.8) is 0 Å². The number of nitrogens with zero attached hydrogens (tertiary/aromatic N) is 4. The summed E-state index contributed by atoms with van der Waals surface area (Å²) in [7, 11) is 0. The molecule has 0 bridgehead atoms. The molecule has 1 saturated heterocycles. The van der Waals surface area contributed by atoms with Crippen LogP contribution in [0.5, 0.6) is 0 Å². The third kappa shape index (κ3) is 2.07. The first-order valence-electron chi connectivity index (χ1n) is 6.52. The van der Waals surface area contributed by atoms with Crippen molar-refractivity contribution < 1.29 is 9.90 Å². The van der Waals surface area contributed by atoms with Gasteiger partial charge in [-0.25, -0.2) is 14.8 Å². The standard InChI is InChI=1S/C13H16N4O2S/c1-8-5-16(13(18)19)6-9(2)17(8)11-10-3-4-20-12(10)15-7-14-11/h3-4,7-9H,5-6H2,1-2H3,(H,18,19). The molecular formula is C13H16N4O2S. The largest absolute Gasteiger partial charge is 0.465 e. The summed E-state index contributed by atoms with van der Waals surface area (Å²) < 4.78 is 0. The Kier molecular flexibility index (Phi) is 3.21. The van der Waals surface area contributed by atoms with E-state index in [1.54, 1.807) is 17.7 Å². The predicted octanol–water partition coefficient (Wildman–Crippen LogP) is 2.27. The molecule has 1 aliphatic heterocycles. The van der Waals surface area contributed by atoms with Crippen molar-refractivity contribution in [2.24, 2.45) is 0 Å². The number of aromatic nitrogens is 2. The molecule has 1 N–H and O–H groups in total. The van der Waals surface area contributed by atoms with Crippen LogP contribution in [-0.2, 0) is 0 Å². The minimum Gasteiger partial charge on any atom is -0.465 e. The van der Waals surface area contributed by atoms with Gasteiger partial charge in [0.2, 0.25) is 0 Å². The first-order valence-corrected chi connectivity index (χ1v) is 7.40. The van der Waals surface area contributed by atoms with E-state index in [4.69, 9.17) is 5.11 Å². The molecule has 0 aromatic carbocycles. The van der Waals surface area contributed by atoms with Gasteiger partial charge in [0.1, 0.15) is 17.0 Å². The lowest BCUT2D eigenvalue weighted by atomic mass is 10.1. The van der Waals surface area contributed by atoms with Crippen molar-refractivity contribution in [3.8, 4) is 0 Å². The van der Waals surface area contributed by atoms with Gasteiger partial charge in [-0.15, -0.1) is 11.3 Å². The Balaban J connectivity index is 1.97. The number of amides is 1. The molecule has 3 rings (SSSR count). The van der Waals surface area contributed by atoms with Crippen LogP contribution in [0.3, 0.4) is 0 Å². The Morgan fingerprint density at radius 3 is 2.70 bits per heavy atom. The van der Waals surface area contributed by atoms with Crippen LogP contribution in [0.1, 0.15) is 13.8 Å². The SMILES string of the molecule is CC1CN(C(=O)O)CC(C)N1c1ncnc2sccc12. The number of anilines is 1. The summed E-state index contributed by atoms with van der Waals surface area (Å²) in [6.45, 7) is 5.06. The van der Waals surface area contributed by atoms with Crippen LogP contribution in [-0.4, -0.2) is 51.2 Å². The zero-order chi connectivity index (χ0) is 14.3. The van der Waals surface area contributed by atoms with Crippen molar-refractivity contribution in [2.75, 3.05) is 18.0 Å². The van der Waals surface area contributed by atoms with Crippen LogP contribution in [0.2, 0.25) is 0 Å². The van der Waals surface area contributed by atoms with E-state index < -0.39 is 6.09 Å². The van der Waals surface area contributed by atoms with Crippen LogP contribution < -0.4 is 4.90 Å². The Bertz CT molecular complexity index is 632. The summed E-state index contributed by atoms with van der Waals surface area (Å²) >= 11 is 1.59. The van der Waals surface area contributed by atoms with Crippen LogP contribution in [0.15, 0.2) is 17.8 Å². The number of hydrogen-bond acceptors (Lipinski definition) is 5. The maximum Gasteiger partial charge on any atom is 0.407 e. The lowest BCUT2D eigenvalue weighted by Crippen LogP contribution is -2.58. The fraction of sp³-hybridized carbons (Fsp3) is 0.462. The summed E-state index contributed by atoms with van der Waals surface area (Å²) in [5, 5.41) is 12.2. The minimum atomic E-state index is -0.855. The number of fused-ring (bicyclic) bond motifs is 1. The second-order valence-corrected chi connectivity index (χ2v) is 6.02. The molecule has 20 heavy (non-hydrogen) atoms. The molecule has 1 amide bonds. The van der Waals surface area contributed by atoms with Gasteiger partial charge in [0.15, 0.2) is 0 Å². The highest BCUT2D eigenvalue weighted by molar-refractivity contribution is 7.16. The van der Waals surface area contributed by atoms with E-state index in [1.165, 1.54) is 4.90 Å². The van der Waals surface area contributed by atoms with Gasteiger partial charge in [-0.2, -0.15) is 0 Å². The molecule has 6 nitrogen and oxygen atoms in total. The topological polar surface area (TPSA) is 69.6 Å². The van der Waals surface area contributed by atoms with Crippen LogP contribution in [0, 0.1) is 0 Å². The molecule has 0 spiro atoms. The van der Waals surface area contributed by atoms with E-state index in [9.17, 15) is 4.79 Å². The molecular weight excluding hydrogens is 276 g/mol. The van der Waals surface area contributed by atoms with Gasteiger partial charge in [-0.1, -0.05) is 0 Å². The third-order valence-electron chi connectivity index (χ3n) is 3.67. The molecule has 2 aromatic rings. The van der Waals surface area contributed by atoms with Crippen molar-refractivity contribution in [1.29, 1.82) is 0 Å². The van der Waals surface area contributed by atoms with Gasteiger partial charge in [0.05, 0.1) is 5.39 Å². The van der Waals surface area contributed by atoms with Gasteiger partial charge in [-0.05, 0) is 25.3 Å². The maximum atomic E-state index is 11.1. The number of hydrogen-bond donors (Lipinski definition) is 1. The quantitative estimate of drug-likeness (QED) is 0.873. The molecule has 0 radical (unpaired) electrons. The van der Waals surface area contributed by atoms with Crippen LogP contribution in [0.25, 0.3) is 10.2 Å². The summed E-state index contributed by atoms with van der Waals surface area (Å²) in [5.74, 6) is 0.904. The van der Waals surface area contributed by atoms with Gasteiger partial charge in [-0.3, -0.25) is 0 Å². The summed E-state index contributed by atoms with van der Waals surface area (Å²) in [5.41, 5.74) is 0. The third-order valence-corrected chi connectivity index (χ3v) is 4.50. The zero-order valence-corrected chi connectivity index (χ0v) is 12.2. The highest BCUT2D eigenvalue weighted by atomic mass is 32.1. The second-order valence-electron chi connectivity index (χ2n) is 5.13. The van der Waals surface area contributed by atoms with Crippen molar-refractivity contribution in [2.45, 2.75) is 25.9 Å². The summed E-state index contributed by atoms with van der Waals surface area (Å²) in [4.78, 5) is 24.5. The van der Waals surface area contributed by atoms with Crippen LogP contribution in [0.4, 0.5) is 10.6 Å². The molecule has 0 saturated carbocycles. The zero-order valence-electron chi connectivity index (χ0n) is 11.4. The maximum absolute atomic E-state index is 11.1. The normalized spacial score (nSPS) is 23.3. The second kappa shape index (κ2) is 4.90. The van der Waals surface area contributed by atoms with Gasteiger partial charge in [0.25, 0.3) is 0 Å². The van der Waals surface area contributed by atoms with Crippen molar-refractivity contribution >= 4 is 33.5 Å². The lowest BCUT2D eigenvalue weighted by molar-refractivity contribution is 0.128. The highest BCUT2D eigenvalue weighted by Gasteiger charge is 2.33. The molecule has 106 valence electrons. The summed E-state index contributed by atoms with van der Waals surface area (Å²) in [6.07, 6.45) is 0.726. The van der Waals surface area contributed by atoms with Gasteiger partial charge < -0.3 is 14.9 Å². The Morgan fingerprint density at radius 1 is 1.35 bits per heavy atom. The van der Waals surface area contributed by atoms with Gasteiger partial charge >= 0.3 is 6.09 Å². The monoisotopic (exact) mass is 292 g/mol. The van der Waals surface area contributed by atoms with Crippen LogP contribution >= 0.6 is 11.3 Å². The molecule has 1 fully saturated rings. The highest BCUT2D eigenvalue weighted by Crippen LogP contribution is 2.31. The molecule has 2 aromatic heterocycles. The molecule has 1 aliphatic rings. The first-order chi connectivity index (χ1) is 9.58. The lowest BCUT2D eigenvalue weighted by Gasteiger charge is -2.44. The molecule has 7 heteroatoms. The van der Waals surface area contributed by atoms with E-state index in [0.717, 1.165) is 16.0 Å². The summed E-state index contributed by atoms with van der Waals surface area (Å²) in [6, 6.07) is 2.21. The number of thiophene rings is 1. The molecule has 2 atom stereocenters. The van der Waals surface area contributed by atoms with E-state index in [1.807, 2.05) is 25.3 Å². The fourth-order valence-corrected chi connectivity index (χ4v) is 3.61. The van der Waals surface area contributed by atoms with E-state index in [-0.39, 0.29) is 12.1 Å². The van der Waals surface area contributed by atoms with E-state index in [0.29, 0.717) is 13.1 Å². The predicted molar refractivity (Wildman–Crippen MR) is 78.4 cm³/mol. The Hall–Kier alpha value is -1.89. The Morgan fingerprint density at radius 2 is 2.05 bits per heavy atom. The Labute approximate surface area is 120 Å². The van der Waals surface area contributed by atoms with E-state index in [2.05, 4.69) is 14.9 Å². The number of piperazine rings is 1. The average Bonchev–Trinajstić information content (AvgIpc) is 2.86. The number of carboxylic acid groups (broad SMARTS) is 1. The van der Waals surface area contributed by atoms with E-state index >= 15 is 0 Å². The smallest absolute Gasteiger partial charge is 0.407 e. The van der Waals surface area contributed by atoms with Crippen molar-refractivity contribution in [1.82, 2.24) is 14.9 Å². The first kappa shape index (κ1) is 13.1. The molecule has 2 unspecified atom stereocenters. The average molecular weight is 292 g/mol. The van der Waals surface area contributed by atoms with Crippen molar-refractivity contribution in [3.05, 3.63) is 17.8 Å². The number of rotatable bonds is 1. The molecule has 3 heterocycles. The van der Waals surface area contributed by atoms with Gasteiger partial charge in [0, 0.05) is 25.2 Å². The minimum absolute atomic E-state index is 0.0906. The molecule has 0 aliphatic carbocycles. The number of carbonyl (C=O) groups is 1. The fourth-order valence-electron chi connectivity index (χ4n) is 2.88.